The van der Waals surface area contributed by atoms with Crippen LogP contribution in [0, 0.1) is 0 Å². The van der Waals surface area contributed by atoms with Gasteiger partial charge in [0, 0.05) is 26.2 Å². The second-order valence-electron chi connectivity index (χ2n) is 3.89. The van der Waals surface area contributed by atoms with Crippen LogP contribution in [0.1, 0.15) is 12.8 Å². The molecular formula is C9H16N4O. The van der Waals surface area contributed by atoms with Crippen molar-refractivity contribution in [2.75, 3.05) is 26.7 Å². The lowest BCUT2D eigenvalue weighted by Gasteiger charge is -2.33. The van der Waals surface area contributed by atoms with Crippen molar-refractivity contribution < 1.29 is 4.79 Å². The summed E-state index contributed by atoms with van der Waals surface area (Å²) in [6.45, 7) is 2.13. The molecule has 0 aromatic carbocycles. The Kier molecular flexibility index (Phi) is 2.41. The highest BCUT2D eigenvalue weighted by molar-refractivity contribution is 6.02. The maximum absolute atomic E-state index is 11.3. The maximum atomic E-state index is 11.3. The minimum atomic E-state index is 0.0786. The zero-order valence-electron chi connectivity index (χ0n) is 8.44. The Labute approximate surface area is 83.6 Å². The molecule has 0 aromatic heterocycles. The van der Waals surface area contributed by atoms with Crippen molar-refractivity contribution in [3.05, 3.63) is 0 Å². The Hall–Kier alpha value is -1.10. The number of piperidine rings is 1. The summed E-state index contributed by atoms with van der Waals surface area (Å²) in [5.74, 6) is 0.900. The van der Waals surface area contributed by atoms with Crippen LogP contribution < -0.4 is 5.73 Å². The zero-order chi connectivity index (χ0) is 10.1. The fraction of sp³-hybridized carbons (Fsp3) is 0.778. The van der Waals surface area contributed by atoms with Gasteiger partial charge in [0.1, 0.15) is 6.54 Å². The minimum absolute atomic E-state index is 0.0786. The van der Waals surface area contributed by atoms with E-state index < -0.39 is 0 Å². The van der Waals surface area contributed by atoms with Crippen molar-refractivity contribution in [2.24, 2.45) is 10.7 Å². The Morgan fingerprint density at radius 1 is 1.43 bits per heavy atom. The molecule has 0 spiro atoms. The van der Waals surface area contributed by atoms with Crippen molar-refractivity contribution in [1.29, 1.82) is 0 Å². The first-order valence-corrected chi connectivity index (χ1v) is 5.00. The smallest absolute Gasteiger partial charge is 0.250 e. The number of hydrogen-bond acceptors (Lipinski definition) is 4. The molecule has 1 amide bonds. The molecule has 0 saturated carbocycles. The molecule has 0 radical (unpaired) electrons. The molecule has 1 fully saturated rings. The van der Waals surface area contributed by atoms with Crippen LogP contribution in [0.15, 0.2) is 4.99 Å². The predicted octanol–water partition coefficient (Wildman–Crippen LogP) is -0.762. The first-order chi connectivity index (χ1) is 6.68. The van der Waals surface area contributed by atoms with E-state index in [1.807, 2.05) is 0 Å². The predicted molar refractivity (Wildman–Crippen MR) is 53.9 cm³/mol. The second-order valence-corrected chi connectivity index (χ2v) is 3.89. The quantitative estimate of drug-likeness (QED) is 0.554. The Bertz CT molecular complexity index is 268. The fourth-order valence-electron chi connectivity index (χ4n) is 1.87. The van der Waals surface area contributed by atoms with Crippen LogP contribution in [0.3, 0.4) is 0 Å². The summed E-state index contributed by atoms with van der Waals surface area (Å²) < 4.78 is 0. The van der Waals surface area contributed by atoms with E-state index in [4.69, 9.17) is 5.73 Å². The fourth-order valence-corrected chi connectivity index (χ4v) is 1.87. The average Bonchev–Trinajstić information content (AvgIpc) is 2.50. The zero-order valence-corrected chi connectivity index (χ0v) is 8.44. The summed E-state index contributed by atoms with van der Waals surface area (Å²) in [6, 6.07) is 0.314. The number of nitrogens with two attached hydrogens (primary N) is 1. The van der Waals surface area contributed by atoms with Crippen LogP contribution in [0.2, 0.25) is 0 Å². The molecule has 14 heavy (non-hydrogen) atoms. The van der Waals surface area contributed by atoms with Gasteiger partial charge in [-0.15, -0.1) is 0 Å². The molecule has 1 saturated heterocycles. The number of nitrogens with zero attached hydrogens (tertiary/aromatic N) is 3. The lowest BCUT2D eigenvalue weighted by Crippen LogP contribution is -2.48. The van der Waals surface area contributed by atoms with E-state index in [-0.39, 0.29) is 5.91 Å². The number of rotatable bonds is 0. The number of carbonyl (C=O) groups excluding carboxylic acids is 1. The largest absolute Gasteiger partial charge is 0.342 e. The molecule has 2 rings (SSSR count). The van der Waals surface area contributed by atoms with Crippen LogP contribution in [0.5, 0.6) is 0 Å². The Morgan fingerprint density at radius 3 is 2.57 bits per heavy atom. The Balaban J connectivity index is 1.99. The number of guanidine groups is 1. The van der Waals surface area contributed by atoms with Crippen molar-refractivity contribution in [3.8, 4) is 0 Å². The summed E-state index contributed by atoms with van der Waals surface area (Å²) in [6.07, 6.45) is 1.97. The number of aliphatic imine (C=N–C) groups is 1. The van der Waals surface area contributed by atoms with E-state index in [1.54, 1.807) is 11.9 Å². The third-order valence-corrected chi connectivity index (χ3v) is 2.85. The topological polar surface area (TPSA) is 61.9 Å². The highest BCUT2D eigenvalue weighted by Gasteiger charge is 2.28. The molecule has 78 valence electrons. The van der Waals surface area contributed by atoms with Crippen molar-refractivity contribution in [1.82, 2.24) is 9.80 Å². The van der Waals surface area contributed by atoms with E-state index in [0.717, 1.165) is 31.9 Å². The number of amides is 1. The van der Waals surface area contributed by atoms with Gasteiger partial charge in [0.25, 0.3) is 5.91 Å². The molecule has 2 aliphatic heterocycles. The Morgan fingerprint density at radius 2 is 2.07 bits per heavy atom. The van der Waals surface area contributed by atoms with Crippen molar-refractivity contribution >= 4 is 11.9 Å². The molecule has 0 atom stereocenters. The van der Waals surface area contributed by atoms with Gasteiger partial charge >= 0.3 is 0 Å². The molecule has 5 nitrogen and oxygen atoms in total. The molecule has 2 aliphatic rings. The van der Waals surface area contributed by atoms with Gasteiger partial charge in [0.2, 0.25) is 5.96 Å². The van der Waals surface area contributed by atoms with Crippen LogP contribution in [0.25, 0.3) is 0 Å². The van der Waals surface area contributed by atoms with Crippen LogP contribution in [0.4, 0.5) is 0 Å². The van der Waals surface area contributed by atoms with Gasteiger partial charge in [-0.2, -0.15) is 0 Å². The number of likely N-dealkylation sites (N-methyl/N-ethyl adjacent to an activating group) is 1. The molecule has 0 bridgehead atoms. The highest BCUT2D eigenvalue weighted by atomic mass is 16.2. The van der Waals surface area contributed by atoms with Crippen LogP contribution in [-0.4, -0.2) is 54.4 Å². The van der Waals surface area contributed by atoms with E-state index in [1.165, 1.54) is 0 Å². The normalized spacial score (nSPS) is 24.4. The van der Waals surface area contributed by atoms with Gasteiger partial charge in [-0.05, 0) is 12.8 Å². The van der Waals surface area contributed by atoms with E-state index in [9.17, 15) is 4.79 Å². The molecule has 2 N–H and O–H groups in total. The molecule has 0 aromatic rings. The molecule has 0 unspecified atom stereocenters. The van der Waals surface area contributed by atoms with Crippen molar-refractivity contribution in [3.63, 3.8) is 0 Å². The first kappa shape index (κ1) is 9.45. The lowest BCUT2D eigenvalue weighted by molar-refractivity contribution is -0.124. The number of hydrogen-bond donors (Lipinski definition) is 1. The van der Waals surface area contributed by atoms with Gasteiger partial charge < -0.3 is 10.6 Å². The van der Waals surface area contributed by atoms with Crippen molar-refractivity contribution in [2.45, 2.75) is 18.9 Å². The van der Waals surface area contributed by atoms with Gasteiger partial charge in [0.05, 0.1) is 0 Å². The van der Waals surface area contributed by atoms with E-state index in [0.29, 0.717) is 12.6 Å². The maximum Gasteiger partial charge on any atom is 0.250 e. The minimum Gasteiger partial charge on any atom is -0.342 e. The van der Waals surface area contributed by atoms with Crippen LogP contribution in [-0.2, 0) is 4.79 Å². The molecule has 2 heterocycles. The number of likely N-dealkylation sites (tertiary alicyclic amines) is 1. The third kappa shape index (κ3) is 1.59. The summed E-state index contributed by atoms with van der Waals surface area (Å²) in [5, 5.41) is 0. The number of carbonyl (C=O) groups is 1. The standard InChI is InChI=1S/C9H16N4O/c1-12-8(14)6-11-9(12)13-4-2-7(10)3-5-13/h7H,2-6,10H2,1H3. The first-order valence-electron chi connectivity index (χ1n) is 5.00. The summed E-state index contributed by atoms with van der Waals surface area (Å²) in [7, 11) is 1.78. The van der Waals surface area contributed by atoms with Gasteiger partial charge in [-0.25, -0.2) is 4.99 Å². The van der Waals surface area contributed by atoms with Gasteiger partial charge in [0.15, 0.2) is 0 Å². The molecule has 0 aliphatic carbocycles. The SMILES string of the molecule is CN1C(=O)CN=C1N1CCC(N)CC1. The summed E-state index contributed by atoms with van der Waals surface area (Å²) >= 11 is 0. The monoisotopic (exact) mass is 196 g/mol. The summed E-state index contributed by atoms with van der Waals surface area (Å²) in [4.78, 5) is 19.3. The van der Waals surface area contributed by atoms with Gasteiger partial charge in [-0.3, -0.25) is 9.69 Å². The molecular weight excluding hydrogens is 180 g/mol. The highest BCUT2D eigenvalue weighted by Crippen LogP contribution is 2.13. The van der Waals surface area contributed by atoms with E-state index >= 15 is 0 Å². The second kappa shape index (κ2) is 3.57. The molecule has 5 heteroatoms. The lowest BCUT2D eigenvalue weighted by atomic mass is 10.1. The summed E-state index contributed by atoms with van der Waals surface area (Å²) in [5.41, 5.74) is 5.81. The van der Waals surface area contributed by atoms with E-state index in [2.05, 4.69) is 9.89 Å². The third-order valence-electron chi connectivity index (χ3n) is 2.85. The van der Waals surface area contributed by atoms with Gasteiger partial charge in [-0.1, -0.05) is 0 Å². The van der Waals surface area contributed by atoms with Crippen LogP contribution >= 0.6 is 0 Å². The average molecular weight is 196 g/mol.